The molecule has 3 aromatic rings. The number of hydrogen-bond acceptors (Lipinski definition) is 0. The summed E-state index contributed by atoms with van der Waals surface area (Å²) in [7, 11) is -1.43. The summed E-state index contributed by atoms with van der Waals surface area (Å²) in [5, 5.41) is 3.38. The van der Waals surface area contributed by atoms with E-state index in [0.717, 1.165) is 32.3 Å². The Balaban J connectivity index is 2.36. The summed E-state index contributed by atoms with van der Waals surface area (Å²) in [5.74, 6) is 8.44. The molecule has 0 spiro atoms. The molecule has 3 rings (SSSR count). The number of hydrogen-bond donors (Lipinski definition) is 0. The maximum Gasteiger partial charge on any atom is 0.159 e. The Morgan fingerprint density at radius 1 is 0.480 bits per heavy atom. The average molecular weight is 331 g/mol. The third kappa shape index (κ3) is 3.13. The molecule has 0 aliphatic carbocycles. The summed E-state index contributed by atoms with van der Waals surface area (Å²) in [6, 6.07) is 24.1. The van der Waals surface area contributed by atoms with Crippen LogP contribution in [0.15, 0.2) is 72.8 Å². The molecule has 0 amide bonds. The van der Waals surface area contributed by atoms with Gasteiger partial charge in [-0.15, -0.1) is 19.3 Å². The second-order valence-corrected chi connectivity index (χ2v) is 7.81. The summed E-state index contributed by atoms with van der Waals surface area (Å²) >= 11 is 0. The molecule has 1 radical (unpaired) electrons. The van der Waals surface area contributed by atoms with Gasteiger partial charge >= 0.3 is 0 Å². The smallest absolute Gasteiger partial charge is 0.115 e. The van der Waals surface area contributed by atoms with Gasteiger partial charge in [0.15, 0.2) is 8.80 Å². The quantitative estimate of drug-likeness (QED) is 0.392. The minimum Gasteiger partial charge on any atom is -0.115 e. The van der Waals surface area contributed by atoms with Crippen LogP contribution in [0.1, 0.15) is 16.7 Å². The van der Waals surface area contributed by atoms with Gasteiger partial charge in [0.05, 0.1) is 0 Å². The molecule has 0 unspecified atom stereocenters. The molecule has 0 aliphatic rings. The van der Waals surface area contributed by atoms with Crippen molar-refractivity contribution in [3.8, 4) is 37.0 Å². The standard InChI is InChI=1S/C24H15Si/c1-4-19-13-7-10-16-22(19)25(23-17-11-8-14-20(23)5-2)24-18-12-9-15-21(24)6-3/h1-3,7-18H. The van der Waals surface area contributed by atoms with Crippen molar-refractivity contribution in [3.05, 3.63) is 89.5 Å². The van der Waals surface area contributed by atoms with Crippen LogP contribution in [0.3, 0.4) is 0 Å². The van der Waals surface area contributed by atoms with Crippen molar-refractivity contribution in [2.45, 2.75) is 0 Å². The Morgan fingerprint density at radius 3 is 1.04 bits per heavy atom. The third-order valence-electron chi connectivity index (χ3n) is 4.06. The van der Waals surface area contributed by atoms with Crippen LogP contribution >= 0.6 is 0 Å². The molecule has 0 fully saturated rings. The maximum absolute atomic E-state index is 5.77. The average Bonchev–Trinajstić information content (AvgIpc) is 2.69. The molecule has 25 heavy (non-hydrogen) atoms. The van der Waals surface area contributed by atoms with Gasteiger partial charge < -0.3 is 0 Å². The Hall–Kier alpha value is -3.44. The van der Waals surface area contributed by atoms with E-state index in [1.54, 1.807) is 0 Å². The predicted molar refractivity (Wildman–Crippen MR) is 108 cm³/mol. The van der Waals surface area contributed by atoms with Crippen LogP contribution < -0.4 is 15.6 Å². The highest BCUT2D eigenvalue weighted by Crippen LogP contribution is 2.05. The zero-order chi connectivity index (χ0) is 17.6. The van der Waals surface area contributed by atoms with Gasteiger partial charge in [-0.3, -0.25) is 0 Å². The van der Waals surface area contributed by atoms with E-state index in [1.807, 2.05) is 54.6 Å². The highest BCUT2D eigenvalue weighted by Gasteiger charge is 2.25. The summed E-state index contributed by atoms with van der Waals surface area (Å²) in [6.07, 6.45) is 17.3. The predicted octanol–water partition coefficient (Wildman–Crippen LogP) is 2.15. The number of benzene rings is 3. The Bertz CT molecular complexity index is 902. The second-order valence-electron chi connectivity index (χ2n) is 5.44. The van der Waals surface area contributed by atoms with Crippen LogP contribution in [-0.4, -0.2) is 8.80 Å². The summed E-state index contributed by atoms with van der Waals surface area (Å²) in [6.45, 7) is 0. The fraction of sp³-hybridized carbons (Fsp3) is 0. The molecular formula is C24H15Si. The van der Waals surface area contributed by atoms with E-state index >= 15 is 0 Å². The molecule has 3 aromatic carbocycles. The Labute approximate surface area is 151 Å². The van der Waals surface area contributed by atoms with E-state index in [0.29, 0.717) is 0 Å². The van der Waals surface area contributed by atoms with Crippen LogP contribution in [0, 0.1) is 37.0 Å². The zero-order valence-electron chi connectivity index (χ0n) is 13.7. The molecule has 115 valence electrons. The number of rotatable bonds is 3. The van der Waals surface area contributed by atoms with Crippen molar-refractivity contribution < 1.29 is 0 Å². The molecule has 1 heteroatoms. The van der Waals surface area contributed by atoms with Crippen LogP contribution in [-0.2, 0) is 0 Å². The molecule has 0 heterocycles. The molecule has 0 nitrogen and oxygen atoms in total. The largest absolute Gasteiger partial charge is 0.159 e. The summed E-state index contributed by atoms with van der Waals surface area (Å²) in [5.41, 5.74) is 2.65. The van der Waals surface area contributed by atoms with Crippen LogP contribution in [0.25, 0.3) is 0 Å². The van der Waals surface area contributed by atoms with E-state index in [9.17, 15) is 0 Å². The lowest BCUT2D eigenvalue weighted by molar-refractivity contribution is 1.65. The first kappa shape index (κ1) is 16.4. The van der Waals surface area contributed by atoms with E-state index in [1.165, 1.54) is 0 Å². The van der Waals surface area contributed by atoms with Gasteiger partial charge in [-0.05, 0) is 33.8 Å². The van der Waals surface area contributed by atoms with E-state index < -0.39 is 8.80 Å². The van der Waals surface area contributed by atoms with Gasteiger partial charge in [0, 0.05) is 16.7 Å². The molecule has 0 bridgehead atoms. The SMILES string of the molecule is C#Cc1ccccc1[Si](c1ccccc1C#C)c1ccccc1C#C. The fourth-order valence-electron chi connectivity index (χ4n) is 2.92. The lowest BCUT2D eigenvalue weighted by Gasteiger charge is -2.21. The van der Waals surface area contributed by atoms with Crippen molar-refractivity contribution in [2.24, 2.45) is 0 Å². The van der Waals surface area contributed by atoms with E-state index in [2.05, 4.69) is 36.0 Å². The first-order chi connectivity index (χ1) is 12.3. The fourth-order valence-corrected chi connectivity index (χ4v) is 5.85. The van der Waals surface area contributed by atoms with Crippen molar-refractivity contribution in [3.63, 3.8) is 0 Å². The topological polar surface area (TPSA) is 0 Å². The summed E-state index contributed by atoms with van der Waals surface area (Å²) in [4.78, 5) is 0. The highest BCUT2D eigenvalue weighted by atomic mass is 28.3. The lowest BCUT2D eigenvalue weighted by atomic mass is 10.2. The molecule has 0 atom stereocenters. The molecule has 0 aliphatic heterocycles. The van der Waals surface area contributed by atoms with Gasteiger partial charge in [0.25, 0.3) is 0 Å². The molecule has 0 N–H and O–H groups in total. The molecule has 0 saturated carbocycles. The van der Waals surface area contributed by atoms with Crippen molar-refractivity contribution in [2.75, 3.05) is 0 Å². The molecular weight excluding hydrogens is 316 g/mol. The summed E-state index contributed by atoms with van der Waals surface area (Å²) < 4.78 is 0. The van der Waals surface area contributed by atoms with Gasteiger partial charge in [-0.25, -0.2) is 0 Å². The Kier molecular flexibility index (Phi) is 4.87. The molecule has 0 aromatic heterocycles. The minimum absolute atomic E-state index is 0.884. The molecule has 0 saturated heterocycles. The maximum atomic E-state index is 5.77. The highest BCUT2D eigenvalue weighted by molar-refractivity contribution is 6.96. The van der Waals surface area contributed by atoms with Gasteiger partial charge in [0.1, 0.15) is 0 Å². The van der Waals surface area contributed by atoms with Gasteiger partial charge in [-0.2, -0.15) is 0 Å². The zero-order valence-corrected chi connectivity index (χ0v) is 14.7. The van der Waals surface area contributed by atoms with Crippen molar-refractivity contribution in [1.29, 1.82) is 0 Å². The van der Waals surface area contributed by atoms with Crippen LogP contribution in [0.4, 0.5) is 0 Å². The van der Waals surface area contributed by atoms with Crippen molar-refractivity contribution >= 4 is 24.4 Å². The minimum atomic E-state index is -1.43. The van der Waals surface area contributed by atoms with Crippen LogP contribution in [0.5, 0.6) is 0 Å². The first-order valence-electron chi connectivity index (χ1n) is 7.85. The number of terminal acetylenes is 3. The third-order valence-corrected chi connectivity index (χ3v) is 6.98. The second kappa shape index (κ2) is 7.42. The monoisotopic (exact) mass is 331 g/mol. The van der Waals surface area contributed by atoms with E-state index in [-0.39, 0.29) is 0 Å². The van der Waals surface area contributed by atoms with Gasteiger partial charge in [0.2, 0.25) is 0 Å². The Morgan fingerprint density at radius 2 is 0.760 bits per heavy atom. The van der Waals surface area contributed by atoms with Gasteiger partial charge in [-0.1, -0.05) is 72.4 Å². The van der Waals surface area contributed by atoms with E-state index in [4.69, 9.17) is 19.3 Å². The lowest BCUT2D eigenvalue weighted by Crippen LogP contribution is -2.54. The van der Waals surface area contributed by atoms with Crippen molar-refractivity contribution in [1.82, 2.24) is 0 Å². The van der Waals surface area contributed by atoms with Crippen LogP contribution in [0.2, 0.25) is 0 Å². The first-order valence-corrected chi connectivity index (χ1v) is 9.35. The normalized spacial score (nSPS) is 9.84.